The number of benzene rings is 1. The molecule has 0 saturated carbocycles. The molecule has 0 aromatic heterocycles. The predicted molar refractivity (Wildman–Crippen MR) is 85.6 cm³/mol. The molecule has 1 heterocycles. The highest BCUT2D eigenvalue weighted by Crippen LogP contribution is 2.23. The number of carbonyl (C=O) groups excluding carboxylic acids is 3. The predicted octanol–water partition coefficient (Wildman–Crippen LogP) is 1.92. The number of nitrogens with one attached hydrogen (secondary N) is 3. The fourth-order valence-corrected chi connectivity index (χ4v) is 2.25. The maximum Gasteiger partial charge on any atom is 0.338 e. The van der Waals surface area contributed by atoms with E-state index in [1.54, 1.807) is 13.8 Å². The van der Waals surface area contributed by atoms with E-state index in [0.717, 1.165) is 0 Å². The van der Waals surface area contributed by atoms with Crippen molar-refractivity contribution in [2.24, 2.45) is 0 Å². The van der Waals surface area contributed by atoms with Crippen LogP contribution in [0.15, 0.2) is 18.2 Å². The molecule has 2 rings (SSSR count). The van der Waals surface area contributed by atoms with Crippen molar-refractivity contribution in [1.29, 1.82) is 0 Å². The number of anilines is 1. The molecule has 0 radical (unpaired) electrons. The van der Waals surface area contributed by atoms with Crippen LogP contribution in [-0.2, 0) is 9.53 Å². The summed E-state index contributed by atoms with van der Waals surface area (Å²) >= 11 is 6.03. The van der Waals surface area contributed by atoms with Crippen molar-refractivity contribution in [2.45, 2.75) is 32.4 Å². The summed E-state index contributed by atoms with van der Waals surface area (Å²) in [7, 11) is 0. The average molecular weight is 340 g/mol. The molecule has 1 aliphatic heterocycles. The zero-order valence-corrected chi connectivity index (χ0v) is 13.6. The molecule has 1 aromatic rings. The molecule has 0 aliphatic carbocycles. The van der Waals surface area contributed by atoms with Gasteiger partial charge < -0.3 is 20.7 Å². The third-order valence-electron chi connectivity index (χ3n) is 3.11. The Hall–Kier alpha value is -2.28. The summed E-state index contributed by atoms with van der Waals surface area (Å²) in [5.74, 6) is -0.600. The van der Waals surface area contributed by atoms with Gasteiger partial charge in [0, 0.05) is 13.0 Å². The molecular formula is C15H18ClN3O4. The lowest BCUT2D eigenvalue weighted by molar-refractivity contribution is -0.119. The number of esters is 1. The Morgan fingerprint density at radius 3 is 2.74 bits per heavy atom. The Morgan fingerprint density at radius 1 is 1.39 bits per heavy atom. The quantitative estimate of drug-likeness (QED) is 0.730. The van der Waals surface area contributed by atoms with Crippen molar-refractivity contribution in [1.82, 2.24) is 10.6 Å². The summed E-state index contributed by atoms with van der Waals surface area (Å²) in [4.78, 5) is 34.9. The number of urea groups is 1. The topological polar surface area (TPSA) is 96.5 Å². The van der Waals surface area contributed by atoms with Crippen LogP contribution in [0.2, 0.25) is 5.02 Å². The second-order valence-corrected chi connectivity index (χ2v) is 5.86. The van der Waals surface area contributed by atoms with Crippen molar-refractivity contribution in [3.05, 3.63) is 28.8 Å². The SMILES string of the molecule is CC(C)OC(=O)c1ccc(Cl)c(NC(=O)NC2CNC(=O)C2)c1. The van der Waals surface area contributed by atoms with Crippen molar-refractivity contribution in [3.63, 3.8) is 0 Å². The summed E-state index contributed by atoms with van der Waals surface area (Å²) < 4.78 is 5.10. The highest BCUT2D eigenvalue weighted by atomic mass is 35.5. The molecule has 1 aromatic carbocycles. The Morgan fingerprint density at radius 2 is 2.13 bits per heavy atom. The summed E-state index contributed by atoms with van der Waals surface area (Å²) in [6, 6.07) is 3.72. The van der Waals surface area contributed by atoms with E-state index in [1.807, 2.05) is 0 Å². The van der Waals surface area contributed by atoms with E-state index in [0.29, 0.717) is 17.3 Å². The Labute approximate surface area is 138 Å². The lowest BCUT2D eigenvalue weighted by atomic mass is 10.2. The highest BCUT2D eigenvalue weighted by molar-refractivity contribution is 6.33. The van der Waals surface area contributed by atoms with Crippen molar-refractivity contribution in [3.8, 4) is 0 Å². The van der Waals surface area contributed by atoms with Gasteiger partial charge in [-0.05, 0) is 32.0 Å². The molecule has 1 aliphatic rings. The maximum absolute atomic E-state index is 12.0. The molecule has 124 valence electrons. The van der Waals surface area contributed by atoms with Crippen molar-refractivity contribution < 1.29 is 19.1 Å². The molecule has 1 unspecified atom stereocenters. The molecule has 1 fully saturated rings. The summed E-state index contributed by atoms with van der Waals surface area (Å²) in [6.07, 6.45) is -0.00710. The maximum atomic E-state index is 12.0. The van der Waals surface area contributed by atoms with Gasteiger partial charge in [0.15, 0.2) is 0 Å². The van der Waals surface area contributed by atoms with Crippen LogP contribution < -0.4 is 16.0 Å². The molecule has 1 saturated heterocycles. The van der Waals surface area contributed by atoms with Crippen LogP contribution in [-0.4, -0.2) is 36.6 Å². The van der Waals surface area contributed by atoms with E-state index in [9.17, 15) is 14.4 Å². The number of hydrogen-bond acceptors (Lipinski definition) is 4. The Balaban J connectivity index is 2.02. The van der Waals surface area contributed by atoms with E-state index < -0.39 is 12.0 Å². The minimum absolute atomic E-state index is 0.105. The van der Waals surface area contributed by atoms with Crippen LogP contribution in [0.25, 0.3) is 0 Å². The van der Waals surface area contributed by atoms with Gasteiger partial charge in [0.25, 0.3) is 0 Å². The third kappa shape index (κ3) is 4.85. The smallest absolute Gasteiger partial charge is 0.338 e. The molecule has 0 spiro atoms. The van der Waals surface area contributed by atoms with Gasteiger partial charge in [-0.2, -0.15) is 0 Å². The zero-order valence-electron chi connectivity index (χ0n) is 12.8. The average Bonchev–Trinajstić information content (AvgIpc) is 2.85. The van der Waals surface area contributed by atoms with Gasteiger partial charge in [-0.15, -0.1) is 0 Å². The number of amides is 3. The molecular weight excluding hydrogens is 322 g/mol. The van der Waals surface area contributed by atoms with Crippen molar-refractivity contribution in [2.75, 3.05) is 11.9 Å². The van der Waals surface area contributed by atoms with Gasteiger partial charge in [-0.1, -0.05) is 11.6 Å². The van der Waals surface area contributed by atoms with E-state index >= 15 is 0 Å². The largest absolute Gasteiger partial charge is 0.459 e. The standard InChI is InChI=1S/C15H18ClN3O4/c1-8(2)23-14(21)9-3-4-11(16)12(5-9)19-15(22)18-10-6-13(20)17-7-10/h3-5,8,10H,6-7H2,1-2H3,(H,17,20)(H2,18,19,22). The number of rotatable bonds is 4. The molecule has 3 N–H and O–H groups in total. The van der Waals surface area contributed by atoms with Gasteiger partial charge in [0.2, 0.25) is 5.91 Å². The first-order chi connectivity index (χ1) is 10.8. The van der Waals surface area contributed by atoms with Crippen LogP contribution >= 0.6 is 11.6 Å². The highest BCUT2D eigenvalue weighted by Gasteiger charge is 2.23. The van der Waals surface area contributed by atoms with E-state index in [4.69, 9.17) is 16.3 Å². The Bertz CT molecular complexity index is 633. The minimum Gasteiger partial charge on any atom is -0.459 e. The van der Waals surface area contributed by atoms with Gasteiger partial charge in [-0.3, -0.25) is 4.79 Å². The van der Waals surface area contributed by atoms with E-state index in [-0.39, 0.29) is 30.0 Å². The number of halogens is 1. The lowest BCUT2D eigenvalue weighted by Crippen LogP contribution is -2.39. The van der Waals surface area contributed by atoms with E-state index in [2.05, 4.69) is 16.0 Å². The molecule has 0 bridgehead atoms. The molecule has 3 amide bonds. The Kier molecular flexibility index (Phi) is 5.44. The third-order valence-corrected chi connectivity index (χ3v) is 3.44. The summed E-state index contributed by atoms with van der Waals surface area (Å²) in [5.41, 5.74) is 0.579. The molecule has 23 heavy (non-hydrogen) atoms. The fraction of sp³-hybridized carbons (Fsp3) is 0.400. The fourth-order valence-electron chi connectivity index (χ4n) is 2.08. The van der Waals surface area contributed by atoms with Gasteiger partial charge in [0.1, 0.15) is 0 Å². The first kappa shape index (κ1) is 17.1. The van der Waals surface area contributed by atoms with Crippen LogP contribution in [0.5, 0.6) is 0 Å². The summed E-state index contributed by atoms with van der Waals surface area (Å²) in [5, 5.41) is 8.15. The molecule has 8 heteroatoms. The van der Waals surface area contributed by atoms with Crippen LogP contribution in [0.1, 0.15) is 30.6 Å². The molecule has 7 nitrogen and oxygen atoms in total. The number of hydrogen-bond donors (Lipinski definition) is 3. The first-order valence-corrected chi connectivity index (χ1v) is 7.57. The van der Waals surface area contributed by atoms with Gasteiger partial charge >= 0.3 is 12.0 Å². The second-order valence-electron chi connectivity index (χ2n) is 5.45. The van der Waals surface area contributed by atoms with Crippen LogP contribution in [0, 0.1) is 0 Å². The zero-order chi connectivity index (χ0) is 17.0. The van der Waals surface area contributed by atoms with Gasteiger partial charge in [0.05, 0.1) is 28.4 Å². The normalized spacial score (nSPS) is 16.9. The molecule has 1 atom stereocenters. The first-order valence-electron chi connectivity index (χ1n) is 7.20. The van der Waals surface area contributed by atoms with Gasteiger partial charge in [-0.25, -0.2) is 9.59 Å². The number of carbonyl (C=O) groups is 3. The van der Waals surface area contributed by atoms with Crippen LogP contribution in [0.3, 0.4) is 0 Å². The number of ether oxygens (including phenoxy) is 1. The minimum atomic E-state index is -0.497. The summed E-state index contributed by atoms with van der Waals surface area (Å²) in [6.45, 7) is 3.88. The lowest BCUT2D eigenvalue weighted by Gasteiger charge is -2.14. The monoisotopic (exact) mass is 339 g/mol. The van der Waals surface area contributed by atoms with E-state index in [1.165, 1.54) is 18.2 Å². The second kappa shape index (κ2) is 7.32. The van der Waals surface area contributed by atoms with Crippen molar-refractivity contribution >= 4 is 35.2 Å². The van der Waals surface area contributed by atoms with Crippen LogP contribution in [0.4, 0.5) is 10.5 Å².